The molecule has 0 bridgehead atoms. The van der Waals surface area contributed by atoms with Gasteiger partial charge in [0.25, 0.3) is 0 Å². The van der Waals surface area contributed by atoms with Crippen LogP contribution in [-0.2, 0) is 0 Å². The molecular weight excluding hydrogens is 256 g/mol. The summed E-state index contributed by atoms with van der Waals surface area (Å²) in [6.45, 7) is 2.04. The van der Waals surface area contributed by atoms with E-state index in [0.29, 0.717) is 16.6 Å². The van der Waals surface area contributed by atoms with E-state index in [9.17, 15) is 0 Å². The van der Waals surface area contributed by atoms with Crippen molar-refractivity contribution in [1.82, 2.24) is 0 Å². The van der Waals surface area contributed by atoms with Gasteiger partial charge in [-0.25, -0.2) is 0 Å². The van der Waals surface area contributed by atoms with Crippen LogP contribution in [0.25, 0.3) is 0 Å². The van der Waals surface area contributed by atoms with Gasteiger partial charge in [0.2, 0.25) is 0 Å². The molecule has 0 aromatic heterocycles. The van der Waals surface area contributed by atoms with Crippen molar-refractivity contribution in [3.05, 3.63) is 59.1 Å². The molecule has 0 saturated carbocycles. The summed E-state index contributed by atoms with van der Waals surface area (Å²) in [5.41, 5.74) is 9.23. The van der Waals surface area contributed by atoms with E-state index >= 15 is 0 Å². The number of nitrogens with zero attached hydrogens (tertiary/aromatic N) is 1. The van der Waals surface area contributed by atoms with Crippen molar-refractivity contribution in [2.24, 2.45) is 0 Å². The maximum absolute atomic E-state index is 6.09. The number of hydrogen-bond donors (Lipinski definition) is 1. The highest BCUT2D eigenvalue weighted by atomic mass is 35.5. The van der Waals surface area contributed by atoms with E-state index in [-0.39, 0.29) is 0 Å². The van der Waals surface area contributed by atoms with Gasteiger partial charge >= 0.3 is 0 Å². The molecule has 2 aromatic rings. The highest BCUT2D eigenvalue weighted by molar-refractivity contribution is 6.33. The van der Waals surface area contributed by atoms with Gasteiger partial charge < -0.3 is 10.6 Å². The maximum Gasteiger partial charge on any atom is 0.0741 e. The van der Waals surface area contributed by atoms with Crippen molar-refractivity contribution in [1.29, 1.82) is 0 Å². The summed E-state index contributed by atoms with van der Waals surface area (Å²) in [6.07, 6.45) is 1.16. The number of para-hydroxylation sites is 1. The first kappa shape index (κ1) is 12.4. The van der Waals surface area contributed by atoms with Gasteiger partial charge in [-0.3, -0.25) is 0 Å². The lowest BCUT2D eigenvalue weighted by Gasteiger charge is -2.21. The lowest BCUT2D eigenvalue weighted by molar-refractivity contribution is 0.775. The van der Waals surface area contributed by atoms with Crippen LogP contribution in [0.2, 0.25) is 5.02 Å². The van der Waals surface area contributed by atoms with Crippen LogP contribution in [0, 0.1) is 0 Å². The summed E-state index contributed by atoms with van der Waals surface area (Å²) >= 11 is 6.09. The minimum Gasteiger partial charge on any atom is -0.396 e. The monoisotopic (exact) mass is 272 g/mol. The van der Waals surface area contributed by atoms with E-state index in [2.05, 4.69) is 41.3 Å². The molecule has 0 amide bonds. The van der Waals surface area contributed by atoms with Gasteiger partial charge in [-0.15, -0.1) is 0 Å². The van der Waals surface area contributed by atoms with E-state index in [1.807, 2.05) is 12.1 Å². The molecule has 2 N–H and O–H groups in total. The summed E-state index contributed by atoms with van der Waals surface area (Å²) < 4.78 is 0. The van der Waals surface area contributed by atoms with Crippen LogP contribution in [0.3, 0.4) is 0 Å². The molecule has 1 heterocycles. The van der Waals surface area contributed by atoms with Gasteiger partial charge in [0, 0.05) is 19.0 Å². The molecule has 1 aliphatic heterocycles. The number of rotatable bonds is 2. The minimum absolute atomic E-state index is 0.583. The van der Waals surface area contributed by atoms with Crippen LogP contribution in [0.5, 0.6) is 0 Å². The fourth-order valence-electron chi connectivity index (χ4n) is 2.78. The number of nitrogens with two attached hydrogens (primary N) is 1. The van der Waals surface area contributed by atoms with E-state index in [0.717, 1.165) is 25.2 Å². The predicted molar refractivity (Wildman–Crippen MR) is 81.9 cm³/mol. The first-order chi connectivity index (χ1) is 9.25. The second kappa shape index (κ2) is 5.14. The van der Waals surface area contributed by atoms with Gasteiger partial charge in [-0.2, -0.15) is 0 Å². The third-order valence-electron chi connectivity index (χ3n) is 3.83. The van der Waals surface area contributed by atoms with Crippen LogP contribution >= 0.6 is 11.6 Å². The molecule has 0 spiro atoms. The van der Waals surface area contributed by atoms with Crippen molar-refractivity contribution >= 4 is 23.0 Å². The Morgan fingerprint density at radius 1 is 1.05 bits per heavy atom. The molecule has 1 unspecified atom stereocenters. The zero-order valence-corrected chi connectivity index (χ0v) is 11.5. The van der Waals surface area contributed by atoms with Crippen LogP contribution in [-0.4, -0.2) is 13.1 Å². The normalized spacial score (nSPS) is 18.8. The zero-order valence-electron chi connectivity index (χ0n) is 10.7. The maximum atomic E-state index is 6.09. The Morgan fingerprint density at radius 2 is 1.84 bits per heavy atom. The van der Waals surface area contributed by atoms with Gasteiger partial charge in [-0.1, -0.05) is 48.0 Å². The topological polar surface area (TPSA) is 29.3 Å². The molecule has 3 rings (SSSR count). The summed E-state index contributed by atoms with van der Waals surface area (Å²) in [5.74, 6) is 0.583. The van der Waals surface area contributed by atoms with Crippen molar-refractivity contribution in [2.75, 3.05) is 23.7 Å². The van der Waals surface area contributed by atoms with Crippen LogP contribution in [0.4, 0.5) is 11.4 Å². The molecule has 1 saturated heterocycles. The van der Waals surface area contributed by atoms with Gasteiger partial charge in [0.15, 0.2) is 0 Å². The second-order valence-corrected chi connectivity index (χ2v) is 5.42. The summed E-state index contributed by atoms with van der Waals surface area (Å²) in [6, 6.07) is 16.5. The first-order valence-corrected chi connectivity index (χ1v) is 6.97. The fraction of sp³-hybridized carbons (Fsp3) is 0.250. The lowest BCUT2D eigenvalue weighted by atomic mass is 9.99. The second-order valence-electron chi connectivity index (χ2n) is 5.01. The first-order valence-electron chi connectivity index (χ1n) is 6.59. The molecule has 1 atom stereocenters. The Hall–Kier alpha value is -1.67. The average molecular weight is 273 g/mol. The fourth-order valence-corrected chi connectivity index (χ4v) is 2.95. The van der Waals surface area contributed by atoms with Crippen LogP contribution < -0.4 is 10.6 Å². The van der Waals surface area contributed by atoms with Crippen molar-refractivity contribution in [3.63, 3.8) is 0 Å². The highest BCUT2D eigenvalue weighted by Gasteiger charge is 2.25. The van der Waals surface area contributed by atoms with Gasteiger partial charge in [0.1, 0.15) is 0 Å². The molecule has 3 heteroatoms. The zero-order chi connectivity index (χ0) is 13.2. The molecule has 1 fully saturated rings. The molecular formula is C16H17ClN2. The summed E-state index contributed by atoms with van der Waals surface area (Å²) in [5, 5.41) is 0.640. The molecule has 0 aliphatic carbocycles. The summed E-state index contributed by atoms with van der Waals surface area (Å²) in [7, 11) is 0. The molecule has 0 radical (unpaired) electrons. The minimum atomic E-state index is 0.583. The quantitative estimate of drug-likeness (QED) is 0.840. The van der Waals surface area contributed by atoms with Crippen LogP contribution in [0.1, 0.15) is 17.9 Å². The lowest BCUT2D eigenvalue weighted by Crippen LogP contribution is -2.20. The van der Waals surface area contributed by atoms with Crippen molar-refractivity contribution in [3.8, 4) is 0 Å². The highest BCUT2D eigenvalue weighted by Crippen LogP contribution is 2.36. The molecule has 2 nitrogen and oxygen atoms in total. The smallest absolute Gasteiger partial charge is 0.0741 e. The number of halogens is 1. The molecule has 98 valence electrons. The number of nitrogen functional groups attached to an aromatic ring is 1. The number of hydrogen-bond acceptors (Lipinski definition) is 2. The molecule has 1 aliphatic rings. The van der Waals surface area contributed by atoms with E-state index in [1.54, 1.807) is 0 Å². The number of anilines is 2. The van der Waals surface area contributed by atoms with E-state index < -0.39 is 0 Å². The summed E-state index contributed by atoms with van der Waals surface area (Å²) in [4.78, 5) is 2.33. The van der Waals surface area contributed by atoms with Gasteiger partial charge in [0.05, 0.1) is 16.4 Å². The van der Waals surface area contributed by atoms with E-state index in [4.69, 9.17) is 17.3 Å². The Morgan fingerprint density at radius 3 is 2.63 bits per heavy atom. The van der Waals surface area contributed by atoms with Gasteiger partial charge in [-0.05, 0) is 24.1 Å². The number of benzene rings is 2. The Kier molecular flexibility index (Phi) is 3.34. The Balaban J connectivity index is 1.81. The SMILES string of the molecule is Nc1c(Cl)cccc1N1CCC(c2ccccc2)C1. The largest absolute Gasteiger partial charge is 0.396 e. The standard InChI is InChI=1S/C16H17ClN2/c17-14-7-4-8-15(16(14)18)19-10-9-13(11-19)12-5-2-1-3-6-12/h1-8,13H,9-11,18H2. The third-order valence-corrected chi connectivity index (χ3v) is 4.16. The van der Waals surface area contributed by atoms with Crippen LogP contribution in [0.15, 0.2) is 48.5 Å². The Labute approximate surface area is 118 Å². The van der Waals surface area contributed by atoms with Crippen molar-refractivity contribution in [2.45, 2.75) is 12.3 Å². The Bertz CT molecular complexity index is 568. The predicted octanol–water partition coefficient (Wildman–Crippen LogP) is 3.92. The third kappa shape index (κ3) is 2.41. The molecule has 2 aromatic carbocycles. The van der Waals surface area contributed by atoms with E-state index in [1.165, 1.54) is 5.56 Å². The molecule has 19 heavy (non-hydrogen) atoms. The average Bonchev–Trinajstić information content (AvgIpc) is 2.92. The van der Waals surface area contributed by atoms with Crippen molar-refractivity contribution < 1.29 is 0 Å².